The van der Waals surface area contributed by atoms with Gasteiger partial charge in [-0.3, -0.25) is 4.79 Å². The van der Waals surface area contributed by atoms with Gasteiger partial charge in [-0.25, -0.2) is 0 Å². The van der Waals surface area contributed by atoms with Gasteiger partial charge in [0.1, 0.15) is 11.7 Å². The van der Waals surface area contributed by atoms with E-state index >= 15 is 0 Å². The number of hydrogen-bond acceptors (Lipinski definition) is 3. The average Bonchev–Trinajstić information content (AvgIpc) is 2.84. The Morgan fingerprint density at radius 2 is 2.04 bits per heavy atom. The van der Waals surface area contributed by atoms with Crippen LogP contribution in [0.5, 0.6) is 5.75 Å². The van der Waals surface area contributed by atoms with Gasteiger partial charge in [0.2, 0.25) is 5.91 Å². The molecule has 0 saturated carbocycles. The Morgan fingerprint density at radius 3 is 2.70 bits per heavy atom. The zero-order valence-corrected chi connectivity index (χ0v) is 14.0. The number of carbonyl (C=O) groups excluding carboxylic acids is 1. The second-order valence-corrected chi connectivity index (χ2v) is 6.23. The monoisotopic (exact) mass is 314 g/mol. The molecule has 0 bridgehead atoms. The normalized spacial score (nSPS) is 16.3. The van der Waals surface area contributed by atoms with Crippen LogP contribution >= 0.6 is 0 Å². The van der Waals surface area contributed by atoms with Crippen LogP contribution in [0.15, 0.2) is 24.3 Å². The Hall–Kier alpha value is -2.02. The van der Waals surface area contributed by atoms with Gasteiger partial charge in [0, 0.05) is 13.1 Å². The molecule has 0 aliphatic carbocycles. The summed E-state index contributed by atoms with van der Waals surface area (Å²) in [5.41, 5.74) is 1.16. The van der Waals surface area contributed by atoms with Crippen molar-refractivity contribution in [3.8, 4) is 11.8 Å². The van der Waals surface area contributed by atoms with Crippen molar-refractivity contribution in [3.63, 3.8) is 0 Å². The number of ether oxygens (including phenoxy) is 1. The third-order valence-corrected chi connectivity index (χ3v) is 4.27. The van der Waals surface area contributed by atoms with Crippen molar-refractivity contribution < 1.29 is 9.53 Å². The van der Waals surface area contributed by atoms with Crippen LogP contribution in [0.4, 0.5) is 0 Å². The molecule has 1 heterocycles. The summed E-state index contributed by atoms with van der Waals surface area (Å²) < 4.78 is 5.69. The van der Waals surface area contributed by atoms with Crippen LogP contribution < -0.4 is 4.74 Å². The molecule has 23 heavy (non-hydrogen) atoms. The first-order valence-corrected chi connectivity index (χ1v) is 8.58. The van der Waals surface area contributed by atoms with E-state index in [1.807, 2.05) is 36.1 Å². The average molecular weight is 314 g/mol. The van der Waals surface area contributed by atoms with E-state index in [1.165, 1.54) is 12.8 Å². The predicted molar refractivity (Wildman–Crippen MR) is 90.1 cm³/mol. The molecular weight excluding hydrogens is 288 g/mol. The fourth-order valence-corrected chi connectivity index (χ4v) is 2.94. The highest BCUT2D eigenvalue weighted by atomic mass is 16.5. The summed E-state index contributed by atoms with van der Waals surface area (Å²) in [6, 6.07) is 10.1. The standard InChI is InChI=1S/C19H26N2O2/c1-16-8-6-10-18(14-16)23-13-7-9-17(15-20)19(22)21-11-4-2-3-5-12-21/h6,8,10,14,17H,2-5,7,9,11-13H2,1H3. The SMILES string of the molecule is Cc1cccc(OCCCC(C#N)C(=O)N2CCCCCC2)c1. The lowest BCUT2D eigenvalue weighted by molar-refractivity contribution is -0.133. The fourth-order valence-electron chi connectivity index (χ4n) is 2.94. The van der Waals surface area contributed by atoms with Crippen LogP contribution in [0.2, 0.25) is 0 Å². The lowest BCUT2D eigenvalue weighted by Crippen LogP contribution is -2.36. The van der Waals surface area contributed by atoms with E-state index in [9.17, 15) is 10.1 Å². The largest absolute Gasteiger partial charge is 0.494 e. The molecule has 1 aromatic carbocycles. The molecular formula is C19H26N2O2. The number of rotatable bonds is 6. The summed E-state index contributed by atoms with van der Waals surface area (Å²) in [5.74, 6) is 0.316. The zero-order chi connectivity index (χ0) is 16.5. The number of amides is 1. The molecule has 1 unspecified atom stereocenters. The topological polar surface area (TPSA) is 53.3 Å². The lowest BCUT2D eigenvalue weighted by atomic mass is 10.0. The highest BCUT2D eigenvalue weighted by Gasteiger charge is 2.24. The van der Waals surface area contributed by atoms with Crippen molar-refractivity contribution >= 4 is 5.91 Å². The first kappa shape index (κ1) is 17.3. The van der Waals surface area contributed by atoms with Crippen LogP contribution in [-0.2, 0) is 4.79 Å². The summed E-state index contributed by atoms with van der Waals surface area (Å²) in [6.07, 6.45) is 5.76. The summed E-state index contributed by atoms with van der Waals surface area (Å²) in [7, 11) is 0. The highest BCUT2D eigenvalue weighted by Crippen LogP contribution is 2.17. The molecule has 0 aromatic heterocycles. The molecule has 1 aromatic rings. The number of benzene rings is 1. The van der Waals surface area contributed by atoms with Crippen molar-refractivity contribution in [2.75, 3.05) is 19.7 Å². The smallest absolute Gasteiger partial charge is 0.239 e. The van der Waals surface area contributed by atoms with Crippen molar-refractivity contribution in [2.24, 2.45) is 5.92 Å². The van der Waals surface area contributed by atoms with E-state index in [0.29, 0.717) is 19.4 Å². The van der Waals surface area contributed by atoms with Crippen molar-refractivity contribution in [2.45, 2.75) is 45.4 Å². The maximum Gasteiger partial charge on any atom is 0.239 e. The number of nitriles is 1. The second kappa shape index (κ2) is 9.19. The molecule has 1 saturated heterocycles. The molecule has 1 atom stereocenters. The summed E-state index contributed by atoms with van der Waals surface area (Å²) >= 11 is 0. The zero-order valence-electron chi connectivity index (χ0n) is 14.0. The van der Waals surface area contributed by atoms with Gasteiger partial charge in [0.15, 0.2) is 0 Å². The molecule has 1 aliphatic heterocycles. The van der Waals surface area contributed by atoms with Gasteiger partial charge in [-0.15, -0.1) is 0 Å². The minimum Gasteiger partial charge on any atom is -0.494 e. The van der Waals surface area contributed by atoms with Gasteiger partial charge in [-0.2, -0.15) is 5.26 Å². The number of hydrogen-bond donors (Lipinski definition) is 0. The molecule has 4 heteroatoms. The third-order valence-electron chi connectivity index (χ3n) is 4.27. The quantitative estimate of drug-likeness (QED) is 0.752. The highest BCUT2D eigenvalue weighted by molar-refractivity contribution is 5.81. The Labute approximate surface area is 139 Å². The number of aryl methyl sites for hydroxylation is 1. The van der Waals surface area contributed by atoms with Crippen LogP contribution in [-0.4, -0.2) is 30.5 Å². The molecule has 4 nitrogen and oxygen atoms in total. The Morgan fingerprint density at radius 1 is 1.30 bits per heavy atom. The van der Waals surface area contributed by atoms with Crippen LogP contribution in [0.1, 0.15) is 44.1 Å². The van der Waals surface area contributed by atoms with Crippen LogP contribution in [0.25, 0.3) is 0 Å². The van der Waals surface area contributed by atoms with Crippen molar-refractivity contribution in [1.29, 1.82) is 5.26 Å². The van der Waals surface area contributed by atoms with Crippen molar-refractivity contribution in [3.05, 3.63) is 29.8 Å². The van der Waals surface area contributed by atoms with Gasteiger partial charge < -0.3 is 9.64 Å². The summed E-state index contributed by atoms with van der Waals surface area (Å²) in [4.78, 5) is 14.3. The first-order valence-electron chi connectivity index (χ1n) is 8.58. The fraction of sp³-hybridized carbons (Fsp3) is 0.579. The Bertz CT molecular complexity index is 543. The second-order valence-electron chi connectivity index (χ2n) is 6.23. The Balaban J connectivity index is 1.76. The van der Waals surface area contributed by atoms with Gasteiger partial charge in [-0.1, -0.05) is 25.0 Å². The number of likely N-dealkylation sites (tertiary alicyclic amines) is 1. The van der Waals surface area contributed by atoms with Crippen molar-refractivity contribution in [1.82, 2.24) is 4.90 Å². The number of nitrogens with zero attached hydrogens (tertiary/aromatic N) is 2. The summed E-state index contributed by atoms with van der Waals surface area (Å²) in [6.45, 7) is 4.17. The van der Waals surface area contributed by atoms with Crippen LogP contribution in [0.3, 0.4) is 0 Å². The number of carbonyl (C=O) groups is 1. The molecule has 1 aliphatic rings. The van der Waals surface area contributed by atoms with Gasteiger partial charge in [0.05, 0.1) is 12.7 Å². The molecule has 0 N–H and O–H groups in total. The third kappa shape index (κ3) is 5.59. The summed E-state index contributed by atoms with van der Waals surface area (Å²) in [5, 5.41) is 9.31. The molecule has 1 fully saturated rings. The van der Waals surface area contributed by atoms with Crippen LogP contribution in [0, 0.1) is 24.2 Å². The van der Waals surface area contributed by atoms with E-state index in [-0.39, 0.29) is 5.91 Å². The maximum absolute atomic E-state index is 12.5. The first-order chi connectivity index (χ1) is 11.2. The van der Waals surface area contributed by atoms with Gasteiger partial charge in [-0.05, 0) is 50.3 Å². The molecule has 1 amide bonds. The lowest BCUT2D eigenvalue weighted by Gasteiger charge is -2.22. The molecule has 2 rings (SSSR count). The molecule has 0 radical (unpaired) electrons. The van der Waals surface area contributed by atoms with E-state index in [4.69, 9.17) is 4.74 Å². The Kier molecular flexibility index (Phi) is 6.93. The van der Waals surface area contributed by atoms with E-state index in [2.05, 4.69) is 6.07 Å². The molecule has 124 valence electrons. The molecule has 0 spiro atoms. The van der Waals surface area contributed by atoms with Gasteiger partial charge >= 0.3 is 0 Å². The van der Waals surface area contributed by atoms with Gasteiger partial charge in [0.25, 0.3) is 0 Å². The van der Waals surface area contributed by atoms with E-state index in [0.717, 1.165) is 37.2 Å². The predicted octanol–water partition coefficient (Wildman–Crippen LogP) is 3.70. The minimum atomic E-state index is -0.533. The van der Waals surface area contributed by atoms with E-state index in [1.54, 1.807) is 0 Å². The maximum atomic E-state index is 12.5. The minimum absolute atomic E-state index is 0.00459. The van der Waals surface area contributed by atoms with E-state index < -0.39 is 5.92 Å².